The van der Waals surface area contributed by atoms with Gasteiger partial charge in [-0.15, -0.1) is 0 Å². The predicted molar refractivity (Wildman–Crippen MR) is 63.3 cm³/mol. The molecular formula is C13H15NO. The lowest BCUT2D eigenvalue weighted by Gasteiger charge is -2.05. The number of methoxy groups -OCH3 is 1. The van der Waals surface area contributed by atoms with Gasteiger partial charge in [0.25, 0.3) is 0 Å². The van der Waals surface area contributed by atoms with Crippen LogP contribution in [0.2, 0.25) is 0 Å². The fraction of sp³-hybridized carbons (Fsp3) is 0.231. The lowest BCUT2D eigenvalue weighted by molar-refractivity contribution is 0.415. The predicted octanol–water partition coefficient (Wildman–Crippen LogP) is 3.23. The number of fused-ring (bicyclic) bond motifs is 1. The first-order valence-electron chi connectivity index (χ1n) is 4.98. The van der Waals surface area contributed by atoms with E-state index in [1.165, 1.54) is 10.9 Å². The van der Waals surface area contributed by atoms with Crippen molar-refractivity contribution < 1.29 is 4.74 Å². The minimum Gasteiger partial charge on any atom is -0.497 e. The molecule has 0 spiro atoms. The molecule has 0 aliphatic heterocycles. The molecule has 0 aliphatic carbocycles. The normalized spacial score (nSPS) is 10.5. The van der Waals surface area contributed by atoms with E-state index in [0.29, 0.717) is 0 Å². The molecule has 0 atom stereocenters. The second-order valence-corrected chi connectivity index (χ2v) is 3.83. The standard InChI is InChI=1S/C13H15NO/c1-10(2)9-14-7-6-11-8-12(15-3)4-5-13(11)14/h4-8H,1,9H2,2-3H3. The fourth-order valence-corrected chi connectivity index (χ4v) is 1.73. The quantitative estimate of drug-likeness (QED) is 0.695. The third-order valence-corrected chi connectivity index (χ3v) is 2.42. The number of hydrogen-bond acceptors (Lipinski definition) is 1. The Balaban J connectivity index is 2.47. The van der Waals surface area contributed by atoms with Crippen molar-refractivity contribution in [3.8, 4) is 5.75 Å². The van der Waals surface area contributed by atoms with E-state index in [9.17, 15) is 0 Å². The van der Waals surface area contributed by atoms with Crippen LogP contribution in [-0.4, -0.2) is 11.7 Å². The Kier molecular flexibility index (Phi) is 2.50. The molecule has 0 radical (unpaired) electrons. The van der Waals surface area contributed by atoms with Gasteiger partial charge >= 0.3 is 0 Å². The Morgan fingerprint density at radius 2 is 2.20 bits per heavy atom. The first kappa shape index (κ1) is 9.84. The third kappa shape index (κ3) is 1.89. The maximum absolute atomic E-state index is 5.19. The highest BCUT2D eigenvalue weighted by Gasteiger charge is 2.01. The van der Waals surface area contributed by atoms with Gasteiger partial charge < -0.3 is 9.30 Å². The molecule has 1 aromatic carbocycles. The number of rotatable bonds is 3. The summed E-state index contributed by atoms with van der Waals surface area (Å²) in [7, 11) is 1.69. The molecule has 1 aromatic heterocycles. The molecule has 0 amide bonds. The van der Waals surface area contributed by atoms with E-state index in [1.54, 1.807) is 7.11 Å². The molecule has 0 saturated carbocycles. The van der Waals surface area contributed by atoms with Crippen molar-refractivity contribution in [2.75, 3.05) is 7.11 Å². The maximum atomic E-state index is 5.19. The van der Waals surface area contributed by atoms with E-state index in [0.717, 1.165) is 17.9 Å². The summed E-state index contributed by atoms with van der Waals surface area (Å²) in [6.45, 7) is 6.83. The van der Waals surface area contributed by atoms with Crippen molar-refractivity contribution in [1.29, 1.82) is 0 Å². The molecule has 2 nitrogen and oxygen atoms in total. The van der Waals surface area contributed by atoms with Gasteiger partial charge in [0, 0.05) is 23.6 Å². The molecule has 0 bridgehead atoms. The molecule has 2 aromatic rings. The lowest BCUT2D eigenvalue weighted by atomic mass is 10.2. The molecule has 78 valence electrons. The van der Waals surface area contributed by atoms with Gasteiger partial charge in [-0.2, -0.15) is 0 Å². The van der Waals surface area contributed by atoms with Gasteiger partial charge in [-0.3, -0.25) is 0 Å². The largest absolute Gasteiger partial charge is 0.497 e. The summed E-state index contributed by atoms with van der Waals surface area (Å²) in [6.07, 6.45) is 2.08. The molecule has 2 rings (SSSR count). The van der Waals surface area contributed by atoms with Crippen LogP contribution in [0, 0.1) is 0 Å². The SMILES string of the molecule is C=C(C)Cn1ccc2cc(OC)ccc21. The smallest absolute Gasteiger partial charge is 0.119 e. The van der Waals surface area contributed by atoms with Gasteiger partial charge in [-0.1, -0.05) is 12.2 Å². The van der Waals surface area contributed by atoms with Gasteiger partial charge in [0.05, 0.1) is 7.11 Å². The van der Waals surface area contributed by atoms with Crippen LogP contribution in [0.1, 0.15) is 6.92 Å². The topological polar surface area (TPSA) is 14.2 Å². The molecule has 0 N–H and O–H groups in total. The van der Waals surface area contributed by atoms with Gasteiger partial charge in [0.1, 0.15) is 5.75 Å². The van der Waals surface area contributed by atoms with Crippen LogP contribution in [0.4, 0.5) is 0 Å². The number of hydrogen-bond donors (Lipinski definition) is 0. The Morgan fingerprint density at radius 1 is 1.40 bits per heavy atom. The number of ether oxygens (including phenoxy) is 1. The number of nitrogens with zero attached hydrogens (tertiary/aromatic N) is 1. The molecule has 1 heterocycles. The summed E-state index contributed by atoms with van der Waals surface area (Å²) in [5.41, 5.74) is 2.38. The minimum absolute atomic E-state index is 0.871. The zero-order valence-corrected chi connectivity index (χ0v) is 9.16. The van der Waals surface area contributed by atoms with Crippen molar-refractivity contribution in [1.82, 2.24) is 4.57 Å². The van der Waals surface area contributed by atoms with Crippen molar-refractivity contribution in [3.05, 3.63) is 42.6 Å². The molecule has 15 heavy (non-hydrogen) atoms. The second kappa shape index (κ2) is 3.81. The van der Waals surface area contributed by atoms with Crippen LogP contribution in [0.5, 0.6) is 5.75 Å². The van der Waals surface area contributed by atoms with E-state index in [1.807, 2.05) is 19.1 Å². The molecular weight excluding hydrogens is 186 g/mol. The highest BCUT2D eigenvalue weighted by Crippen LogP contribution is 2.22. The Labute approximate surface area is 89.8 Å². The van der Waals surface area contributed by atoms with Crippen LogP contribution in [0.15, 0.2) is 42.6 Å². The monoisotopic (exact) mass is 201 g/mol. The van der Waals surface area contributed by atoms with Crippen molar-refractivity contribution in [2.24, 2.45) is 0 Å². The van der Waals surface area contributed by atoms with Gasteiger partial charge in [-0.25, -0.2) is 0 Å². The van der Waals surface area contributed by atoms with Gasteiger partial charge in [0.2, 0.25) is 0 Å². The summed E-state index contributed by atoms with van der Waals surface area (Å²) >= 11 is 0. The van der Waals surface area contributed by atoms with Crippen molar-refractivity contribution in [3.63, 3.8) is 0 Å². The van der Waals surface area contributed by atoms with E-state index < -0.39 is 0 Å². The van der Waals surface area contributed by atoms with Gasteiger partial charge in [0.15, 0.2) is 0 Å². The summed E-state index contributed by atoms with van der Waals surface area (Å²) in [4.78, 5) is 0. The van der Waals surface area contributed by atoms with Crippen LogP contribution in [0.25, 0.3) is 10.9 Å². The third-order valence-electron chi connectivity index (χ3n) is 2.42. The lowest BCUT2D eigenvalue weighted by Crippen LogP contribution is -1.95. The number of aromatic nitrogens is 1. The highest BCUT2D eigenvalue weighted by molar-refractivity contribution is 5.81. The number of allylic oxidation sites excluding steroid dienone is 1. The van der Waals surface area contributed by atoms with Crippen molar-refractivity contribution >= 4 is 10.9 Å². The zero-order chi connectivity index (χ0) is 10.8. The van der Waals surface area contributed by atoms with E-state index in [4.69, 9.17) is 4.74 Å². The van der Waals surface area contributed by atoms with Gasteiger partial charge in [-0.05, 0) is 31.2 Å². The Morgan fingerprint density at radius 3 is 2.87 bits per heavy atom. The first-order valence-corrected chi connectivity index (χ1v) is 4.98. The minimum atomic E-state index is 0.871. The summed E-state index contributed by atoms with van der Waals surface area (Å²) < 4.78 is 7.38. The van der Waals surface area contributed by atoms with Crippen LogP contribution in [-0.2, 0) is 6.54 Å². The number of benzene rings is 1. The van der Waals surface area contributed by atoms with E-state index >= 15 is 0 Å². The van der Waals surface area contributed by atoms with E-state index in [-0.39, 0.29) is 0 Å². The Bertz CT molecular complexity index is 496. The van der Waals surface area contributed by atoms with E-state index in [2.05, 4.69) is 29.5 Å². The molecule has 0 unspecified atom stereocenters. The maximum Gasteiger partial charge on any atom is 0.119 e. The summed E-state index contributed by atoms with van der Waals surface area (Å²) in [5.74, 6) is 0.899. The molecule has 0 fully saturated rings. The summed E-state index contributed by atoms with van der Waals surface area (Å²) in [5, 5.41) is 1.20. The highest BCUT2D eigenvalue weighted by atomic mass is 16.5. The Hall–Kier alpha value is -1.70. The van der Waals surface area contributed by atoms with Crippen LogP contribution in [0.3, 0.4) is 0 Å². The zero-order valence-electron chi connectivity index (χ0n) is 9.16. The first-order chi connectivity index (χ1) is 7.20. The second-order valence-electron chi connectivity index (χ2n) is 3.83. The van der Waals surface area contributed by atoms with Crippen LogP contribution < -0.4 is 4.74 Å². The fourth-order valence-electron chi connectivity index (χ4n) is 1.73. The average Bonchev–Trinajstić information content (AvgIpc) is 2.60. The average molecular weight is 201 g/mol. The molecule has 0 aliphatic rings. The molecule has 2 heteroatoms. The molecule has 0 saturated heterocycles. The van der Waals surface area contributed by atoms with Crippen LogP contribution >= 0.6 is 0 Å². The summed E-state index contributed by atoms with van der Waals surface area (Å²) in [6, 6.07) is 8.21. The van der Waals surface area contributed by atoms with Crippen molar-refractivity contribution in [2.45, 2.75) is 13.5 Å².